The van der Waals surface area contributed by atoms with Gasteiger partial charge in [0.2, 0.25) is 11.8 Å². The normalized spacial score (nSPS) is 10.8. The van der Waals surface area contributed by atoms with Crippen molar-refractivity contribution >= 4 is 27.8 Å². The fourth-order valence-electron chi connectivity index (χ4n) is 2.61. The lowest BCUT2D eigenvalue weighted by Gasteiger charge is -2.08. The first-order chi connectivity index (χ1) is 13.6. The van der Waals surface area contributed by atoms with Crippen molar-refractivity contribution in [3.05, 3.63) is 88.3 Å². The maximum absolute atomic E-state index is 14.1. The highest BCUT2D eigenvalue weighted by atomic mass is 79.9. The molecule has 2 heterocycles. The lowest BCUT2D eigenvalue weighted by molar-refractivity contribution is 0.0943. The van der Waals surface area contributed by atoms with Crippen LogP contribution in [-0.4, -0.2) is 20.7 Å². The first kappa shape index (κ1) is 18.1. The number of nitrogens with zero attached hydrogens (tertiary/aromatic N) is 3. The minimum atomic E-state index is -0.624. The number of benzene rings is 2. The van der Waals surface area contributed by atoms with Gasteiger partial charge in [-0.1, -0.05) is 40.2 Å². The minimum absolute atomic E-state index is 0.0925. The molecule has 6 nitrogen and oxygen atoms in total. The maximum Gasteiger partial charge on any atom is 0.284 e. The Morgan fingerprint density at radius 1 is 1.11 bits per heavy atom. The second-order valence-electron chi connectivity index (χ2n) is 5.91. The Kier molecular flexibility index (Phi) is 5.03. The van der Waals surface area contributed by atoms with Gasteiger partial charge in [0.1, 0.15) is 5.82 Å². The van der Waals surface area contributed by atoms with E-state index >= 15 is 0 Å². The fraction of sp³-hybridized carbons (Fsp3) is 0.0500. The van der Waals surface area contributed by atoms with Gasteiger partial charge >= 0.3 is 0 Å². The van der Waals surface area contributed by atoms with E-state index in [1.165, 1.54) is 24.5 Å². The molecule has 4 rings (SSSR count). The molecule has 2 aromatic carbocycles. The van der Waals surface area contributed by atoms with Gasteiger partial charge in [0.15, 0.2) is 5.76 Å². The van der Waals surface area contributed by atoms with Crippen LogP contribution in [-0.2, 0) is 6.54 Å². The summed E-state index contributed by atoms with van der Waals surface area (Å²) in [6.45, 7) is 0.411. The average Bonchev–Trinajstić information content (AvgIpc) is 3.37. The molecule has 0 saturated heterocycles. The molecule has 8 heteroatoms. The van der Waals surface area contributed by atoms with Crippen LogP contribution in [0.15, 0.2) is 75.8 Å². The van der Waals surface area contributed by atoms with Crippen LogP contribution in [0.1, 0.15) is 15.9 Å². The van der Waals surface area contributed by atoms with E-state index in [2.05, 4.69) is 31.3 Å². The van der Waals surface area contributed by atoms with Crippen molar-refractivity contribution in [3.63, 3.8) is 0 Å². The number of hydrogen-bond acceptors (Lipinski definition) is 5. The Bertz CT molecular complexity index is 1110. The smallest absolute Gasteiger partial charge is 0.284 e. The number of rotatable bonds is 5. The molecular weight excluding hydrogens is 427 g/mol. The zero-order chi connectivity index (χ0) is 19.5. The zero-order valence-corrected chi connectivity index (χ0v) is 16.1. The Morgan fingerprint density at radius 2 is 1.89 bits per heavy atom. The Balaban J connectivity index is 1.68. The first-order valence-corrected chi connectivity index (χ1v) is 9.19. The number of halogens is 2. The van der Waals surface area contributed by atoms with Gasteiger partial charge in [-0.2, -0.15) is 9.67 Å². The van der Waals surface area contributed by atoms with Crippen molar-refractivity contribution in [2.75, 3.05) is 5.32 Å². The predicted molar refractivity (Wildman–Crippen MR) is 105 cm³/mol. The molecule has 0 radical (unpaired) electrons. The van der Waals surface area contributed by atoms with Gasteiger partial charge in [0, 0.05) is 11.0 Å². The third-order valence-electron chi connectivity index (χ3n) is 4.01. The minimum Gasteiger partial charge on any atom is -0.461 e. The number of nitrogens with one attached hydrogen (secondary N) is 1. The Hall–Kier alpha value is -3.26. The summed E-state index contributed by atoms with van der Waals surface area (Å²) in [5.41, 5.74) is 0.890. The highest BCUT2D eigenvalue weighted by Crippen LogP contribution is 2.21. The van der Waals surface area contributed by atoms with E-state index in [1.807, 2.05) is 24.3 Å². The summed E-state index contributed by atoms with van der Waals surface area (Å²) < 4.78 is 21.4. The molecule has 0 bridgehead atoms. The molecule has 140 valence electrons. The highest BCUT2D eigenvalue weighted by Gasteiger charge is 2.21. The number of hydrogen-bond donors (Lipinski definition) is 1. The Labute approximate surface area is 168 Å². The number of carbonyl (C=O) groups is 1. The summed E-state index contributed by atoms with van der Waals surface area (Å²) >= 11 is 3.39. The molecule has 0 unspecified atom stereocenters. The molecule has 1 N–H and O–H groups in total. The summed E-state index contributed by atoms with van der Waals surface area (Å²) in [7, 11) is 0. The summed E-state index contributed by atoms with van der Waals surface area (Å²) in [5, 5.41) is 7.31. The van der Waals surface area contributed by atoms with Crippen molar-refractivity contribution in [1.82, 2.24) is 14.8 Å². The topological polar surface area (TPSA) is 73.0 Å². The van der Waals surface area contributed by atoms with E-state index in [0.29, 0.717) is 12.3 Å². The van der Waals surface area contributed by atoms with E-state index in [-0.39, 0.29) is 17.3 Å². The number of carbonyl (C=O) groups excluding carboxylic acids is 1. The second-order valence-corrected chi connectivity index (χ2v) is 6.83. The van der Waals surface area contributed by atoms with Crippen LogP contribution < -0.4 is 5.32 Å². The molecular formula is C20H14BrFN4O2. The lowest BCUT2D eigenvalue weighted by atomic mass is 10.2. The molecule has 4 aromatic rings. The maximum atomic E-state index is 14.1. The van der Waals surface area contributed by atoms with Gasteiger partial charge in [-0.05, 0) is 42.0 Å². The van der Waals surface area contributed by atoms with Crippen LogP contribution in [0, 0.1) is 5.82 Å². The van der Waals surface area contributed by atoms with Crippen LogP contribution in [0.25, 0.3) is 11.6 Å². The van der Waals surface area contributed by atoms with Crippen LogP contribution in [0.4, 0.5) is 10.3 Å². The molecule has 28 heavy (non-hydrogen) atoms. The van der Waals surface area contributed by atoms with Crippen molar-refractivity contribution < 1.29 is 13.6 Å². The van der Waals surface area contributed by atoms with E-state index in [1.54, 1.807) is 18.2 Å². The zero-order valence-electron chi connectivity index (χ0n) is 14.5. The predicted octanol–water partition coefficient (Wildman–Crippen LogP) is 4.74. The monoisotopic (exact) mass is 440 g/mol. The third kappa shape index (κ3) is 3.72. The molecule has 0 amide bonds. The molecule has 2 aromatic heterocycles. The first-order valence-electron chi connectivity index (χ1n) is 8.40. The molecule has 0 aliphatic heterocycles. The van der Waals surface area contributed by atoms with Gasteiger partial charge in [0.05, 0.1) is 11.8 Å². The molecule has 0 fully saturated rings. The quantitative estimate of drug-likeness (QED) is 0.485. The van der Waals surface area contributed by atoms with Gasteiger partial charge < -0.3 is 9.73 Å². The van der Waals surface area contributed by atoms with Crippen LogP contribution in [0.2, 0.25) is 0 Å². The van der Waals surface area contributed by atoms with Crippen LogP contribution >= 0.6 is 15.9 Å². The SMILES string of the molecule is O=C(c1ccccc1F)n1nc(-c2ccco2)nc1NCc1ccc(Br)cc1. The molecule has 0 spiro atoms. The molecule has 0 saturated carbocycles. The van der Waals surface area contributed by atoms with Gasteiger partial charge in [0.25, 0.3) is 5.91 Å². The van der Waals surface area contributed by atoms with E-state index in [4.69, 9.17) is 4.42 Å². The lowest BCUT2D eigenvalue weighted by Crippen LogP contribution is -2.18. The van der Waals surface area contributed by atoms with Gasteiger partial charge in [-0.3, -0.25) is 4.79 Å². The standard InChI is InChI=1S/C20H14BrFN4O2/c21-14-9-7-13(8-10-14)12-23-20-24-18(17-6-3-11-28-17)25-26(20)19(27)15-4-1-2-5-16(15)22/h1-11H,12H2,(H,23,24,25). The van der Waals surface area contributed by atoms with Crippen molar-refractivity contribution in [2.24, 2.45) is 0 Å². The Morgan fingerprint density at radius 3 is 2.61 bits per heavy atom. The molecule has 0 atom stereocenters. The summed E-state index contributed by atoms with van der Waals surface area (Å²) in [4.78, 5) is 17.2. The van der Waals surface area contributed by atoms with Gasteiger partial charge in [-0.25, -0.2) is 4.39 Å². The fourth-order valence-corrected chi connectivity index (χ4v) is 2.87. The second kappa shape index (κ2) is 7.77. The number of anilines is 1. The summed E-state index contributed by atoms with van der Waals surface area (Å²) in [6, 6.07) is 16.8. The van der Waals surface area contributed by atoms with Crippen molar-refractivity contribution in [2.45, 2.75) is 6.54 Å². The number of furan rings is 1. The number of aromatic nitrogens is 3. The largest absolute Gasteiger partial charge is 0.461 e. The summed E-state index contributed by atoms with van der Waals surface area (Å²) in [5.74, 6) is -0.412. The van der Waals surface area contributed by atoms with Crippen molar-refractivity contribution in [1.29, 1.82) is 0 Å². The van der Waals surface area contributed by atoms with E-state index in [9.17, 15) is 9.18 Å². The average molecular weight is 441 g/mol. The third-order valence-corrected chi connectivity index (χ3v) is 4.54. The van der Waals surface area contributed by atoms with E-state index in [0.717, 1.165) is 14.7 Å². The van der Waals surface area contributed by atoms with Crippen molar-refractivity contribution in [3.8, 4) is 11.6 Å². The summed E-state index contributed by atoms with van der Waals surface area (Å²) in [6.07, 6.45) is 1.49. The van der Waals surface area contributed by atoms with Crippen LogP contribution in [0.5, 0.6) is 0 Å². The molecule has 0 aliphatic carbocycles. The molecule has 0 aliphatic rings. The van der Waals surface area contributed by atoms with Gasteiger partial charge in [-0.15, -0.1) is 5.10 Å². The van der Waals surface area contributed by atoms with E-state index < -0.39 is 11.7 Å². The highest BCUT2D eigenvalue weighted by molar-refractivity contribution is 9.10. The van der Waals surface area contributed by atoms with Crippen LogP contribution in [0.3, 0.4) is 0 Å².